The van der Waals surface area contributed by atoms with E-state index in [4.69, 9.17) is 9.84 Å². The van der Waals surface area contributed by atoms with Crippen LogP contribution >= 0.6 is 0 Å². The summed E-state index contributed by atoms with van der Waals surface area (Å²) < 4.78 is 5.56. The van der Waals surface area contributed by atoms with Crippen LogP contribution in [0.15, 0.2) is 48.5 Å². The second kappa shape index (κ2) is 9.12. The van der Waals surface area contributed by atoms with Gasteiger partial charge in [0, 0.05) is 18.9 Å². The maximum absolute atomic E-state index is 12.8. The number of carbonyl (C=O) groups is 3. The van der Waals surface area contributed by atoms with Crippen LogP contribution in [0.4, 0.5) is 4.79 Å². The van der Waals surface area contributed by atoms with Crippen molar-refractivity contribution in [2.24, 2.45) is 11.3 Å². The molecule has 2 saturated carbocycles. The standard InChI is InChI=1S/C27H30N2O5/c30-24(31)12-11-23(25(32)28-16-27-13-5-6-17(27)14-27)29-26(33)34-15-22-20-9-3-1-7-18(20)19-8-2-4-10-21(19)22/h1-4,7-10,17,22-23H,5-6,11-16H2,(H,28,32)(H,29,33)(H,30,31)/t17-,23?,27+/m1/s1. The summed E-state index contributed by atoms with van der Waals surface area (Å²) in [6.45, 7) is 0.727. The number of alkyl carbamates (subject to hydrolysis) is 1. The highest BCUT2D eigenvalue weighted by molar-refractivity contribution is 5.86. The summed E-state index contributed by atoms with van der Waals surface area (Å²) in [5.41, 5.74) is 4.69. The van der Waals surface area contributed by atoms with Crippen LogP contribution in [-0.4, -0.2) is 42.3 Å². The molecule has 7 heteroatoms. The molecule has 0 aliphatic heterocycles. The van der Waals surface area contributed by atoms with E-state index in [-0.39, 0.29) is 36.7 Å². The Kier molecular flexibility index (Phi) is 6.02. The Labute approximate surface area is 198 Å². The monoisotopic (exact) mass is 462 g/mol. The average Bonchev–Trinajstić information content (AvgIpc) is 3.22. The minimum absolute atomic E-state index is 0.0157. The zero-order chi connectivity index (χ0) is 23.7. The van der Waals surface area contributed by atoms with E-state index in [9.17, 15) is 14.4 Å². The first-order valence-electron chi connectivity index (χ1n) is 12.1. The van der Waals surface area contributed by atoms with Crippen molar-refractivity contribution in [3.05, 3.63) is 59.7 Å². The Balaban J connectivity index is 1.20. The van der Waals surface area contributed by atoms with Crippen molar-refractivity contribution >= 4 is 18.0 Å². The summed E-state index contributed by atoms with van der Waals surface area (Å²) in [5, 5.41) is 14.7. The summed E-state index contributed by atoms with van der Waals surface area (Å²) in [7, 11) is 0. The van der Waals surface area contributed by atoms with E-state index in [1.807, 2.05) is 36.4 Å². The van der Waals surface area contributed by atoms with Crippen LogP contribution in [0.3, 0.4) is 0 Å². The van der Waals surface area contributed by atoms with Crippen LogP contribution in [0.1, 0.15) is 55.6 Å². The van der Waals surface area contributed by atoms with E-state index >= 15 is 0 Å². The minimum atomic E-state index is -1.01. The van der Waals surface area contributed by atoms with Gasteiger partial charge in [0.2, 0.25) is 5.91 Å². The van der Waals surface area contributed by atoms with Gasteiger partial charge in [0.1, 0.15) is 12.6 Å². The van der Waals surface area contributed by atoms with Gasteiger partial charge in [0.05, 0.1) is 0 Å². The molecule has 3 aliphatic rings. The van der Waals surface area contributed by atoms with E-state index in [0.29, 0.717) is 12.5 Å². The number of aliphatic carboxylic acids is 1. The third-order valence-electron chi connectivity index (χ3n) is 7.80. The Bertz CT molecular complexity index is 1070. The number of hydrogen-bond donors (Lipinski definition) is 3. The zero-order valence-electron chi connectivity index (χ0n) is 19.1. The van der Waals surface area contributed by atoms with Gasteiger partial charge in [-0.05, 0) is 59.3 Å². The third-order valence-corrected chi connectivity index (χ3v) is 7.80. The van der Waals surface area contributed by atoms with Gasteiger partial charge in [-0.3, -0.25) is 9.59 Å². The van der Waals surface area contributed by atoms with Gasteiger partial charge in [0.25, 0.3) is 0 Å². The molecule has 3 atom stereocenters. The van der Waals surface area contributed by atoms with Gasteiger partial charge in [-0.1, -0.05) is 55.0 Å². The molecule has 0 saturated heterocycles. The maximum atomic E-state index is 12.8. The van der Waals surface area contributed by atoms with E-state index in [1.54, 1.807) is 0 Å². The largest absolute Gasteiger partial charge is 0.481 e. The Hall–Kier alpha value is -3.35. The molecule has 5 rings (SSSR count). The summed E-state index contributed by atoms with van der Waals surface area (Å²) in [5.74, 6) is -0.747. The second-order valence-electron chi connectivity index (χ2n) is 9.83. The minimum Gasteiger partial charge on any atom is -0.481 e. The fourth-order valence-corrected chi connectivity index (χ4v) is 5.86. The number of nitrogens with one attached hydrogen (secondary N) is 2. The first kappa shape index (κ1) is 22.4. The van der Waals surface area contributed by atoms with E-state index < -0.39 is 18.1 Å². The molecule has 2 fully saturated rings. The van der Waals surface area contributed by atoms with Gasteiger partial charge >= 0.3 is 12.1 Å². The third kappa shape index (κ3) is 4.39. The predicted molar refractivity (Wildman–Crippen MR) is 126 cm³/mol. The topological polar surface area (TPSA) is 105 Å². The lowest BCUT2D eigenvalue weighted by molar-refractivity contribution is -0.137. The van der Waals surface area contributed by atoms with Gasteiger partial charge in [0.15, 0.2) is 0 Å². The Morgan fingerprint density at radius 2 is 1.74 bits per heavy atom. The molecule has 178 valence electrons. The number of fused-ring (bicyclic) bond motifs is 4. The lowest BCUT2D eigenvalue weighted by Crippen LogP contribution is -2.48. The first-order valence-corrected chi connectivity index (χ1v) is 12.1. The first-order chi connectivity index (χ1) is 16.5. The smallest absolute Gasteiger partial charge is 0.407 e. The summed E-state index contributed by atoms with van der Waals surface area (Å²) in [6, 6.07) is 15.2. The normalized spacial score (nSPS) is 22.8. The van der Waals surface area contributed by atoms with Crippen LogP contribution in [-0.2, 0) is 14.3 Å². The average molecular weight is 463 g/mol. The molecule has 2 aromatic rings. The molecule has 7 nitrogen and oxygen atoms in total. The summed E-state index contributed by atoms with van der Waals surface area (Å²) in [6.07, 6.45) is 3.77. The summed E-state index contributed by atoms with van der Waals surface area (Å²) >= 11 is 0. The van der Waals surface area contributed by atoms with Crippen LogP contribution < -0.4 is 10.6 Å². The van der Waals surface area contributed by atoms with Crippen molar-refractivity contribution in [3.63, 3.8) is 0 Å². The molecule has 3 N–H and O–H groups in total. The predicted octanol–water partition coefficient (Wildman–Crippen LogP) is 4.06. The van der Waals surface area contributed by atoms with Crippen molar-refractivity contribution in [2.75, 3.05) is 13.2 Å². The van der Waals surface area contributed by atoms with Crippen molar-refractivity contribution in [1.82, 2.24) is 10.6 Å². The quantitative estimate of drug-likeness (QED) is 0.521. The number of ether oxygens (including phenoxy) is 1. The second-order valence-corrected chi connectivity index (χ2v) is 9.83. The zero-order valence-corrected chi connectivity index (χ0v) is 19.1. The molecule has 2 aromatic carbocycles. The van der Waals surface area contributed by atoms with Crippen molar-refractivity contribution in [2.45, 2.75) is 50.5 Å². The highest BCUT2D eigenvalue weighted by Gasteiger charge is 2.56. The molecule has 0 radical (unpaired) electrons. The van der Waals surface area contributed by atoms with E-state index in [0.717, 1.165) is 35.1 Å². The molecule has 2 amide bonds. The van der Waals surface area contributed by atoms with Crippen LogP contribution in [0, 0.1) is 11.3 Å². The maximum Gasteiger partial charge on any atom is 0.407 e. The fraction of sp³-hybridized carbons (Fsp3) is 0.444. The molecular formula is C27H30N2O5. The number of amides is 2. The number of rotatable bonds is 9. The van der Waals surface area contributed by atoms with Gasteiger partial charge in [-0.15, -0.1) is 0 Å². The fourth-order valence-electron chi connectivity index (χ4n) is 5.86. The highest BCUT2D eigenvalue weighted by Crippen LogP contribution is 2.63. The number of carbonyl (C=O) groups excluding carboxylic acids is 2. The molecule has 0 heterocycles. The van der Waals surface area contributed by atoms with E-state index in [2.05, 4.69) is 22.8 Å². The highest BCUT2D eigenvalue weighted by atomic mass is 16.5. The Morgan fingerprint density at radius 3 is 2.32 bits per heavy atom. The lowest BCUT2D eigenvalue weighted by Gasteiger charge is -2.21. The van der Waals surface area contributed by atoms with Crippen molar-refractivity contribution in [3.8, 4) is 11.1 Å². The molecule has 1 unspecified atom stereocenters. The molecule has 0 spiro atoms. The Morgan fingerprint density at radius 1 is 1.06 bits per heavy atom. The SMILES string of the molecule is O=C(O)CCC(NC(=O)OCC1c2ccccc2-c2ccccc21)C(=O)NC[C@@]12CCC[C@@H]1C2. The van der Waals surface area contributed by atoms with Crippen LogP contribution in [0.25, 0.3) is 11.1 Å². The summed E-state index contributed by atoms with van der Waals surface area (Å²) in [4.78, 5) is 36.6. The molecular weight excluding hydrogens is 432 g/mol. The van der Waals surface area contributed by atoms with Gasteiger partial charge in [-0.25, -0.2) is 4.79 Å². The van der Waals surface area contributed by atoms with Crippen LogP contribution in [0.5, 0.6) is 0 Å². The molecule has 0 aromatic heterocycles. The van der Waals surface area contributed by atoms with Crippen LogP contribution in [0.2, 0.25) is 0 Å². The molecule has 34 heavy (non-hydrogen) atoms. The molecule has 0 bridgehead atoms. The van der Waals surface area contributed by atoms with Crippen molar-refractivity contribution < 1.29 is 24.2 Å². The number of carboxylic acids is 1. The van der Waals surface area contributed by atoms with Crippen molar-refractivity contribution in [1.29, 1.82) is 0 Å². The number of carboxylic acid groups (broad SMARTS) is 1. The number of benzene rings is 2. The molecule has 3 aliphatic carbocycles. The van der Waals surface area contributed by atoms with Gasteiger partial charge in [-0.2, -0.15) is 0 Å². The number of hydrogen-bond acceptors (Lipinski definition) is 4. The lowest BCUT2D eigenvalue weighted by atomic mass is 9.98. The van der Waals surface area contributed by atoms with Gasteiger partial charge < -0.3 is 20.5 Å². The van der Waals surface area contributed by atoms with E-state index in [1.165, 1.54) is 12.8 Å².